The molecule has 0 unspecified atom stereocenters. The van der Waals surface area contributed by atoms with E-state index in [-0.39, 0.29) is 0 Å². The number of aromatic nitrogens is 2. The zero-order valence-corrected chi connectivity index (χ0v) is 10.7. The van der Waals surface area contributed by atoms with E-state index in [0.717, 1.165) is 16.8 Å². The second kappa shape index (κ2) is 5.94. The van der Waals surface area contributed by atoms with E-state index in [9.17, 15) is 0 Å². The summed E-state index contributed by atoms with van der Waals surface area (Å²) in [6, 6.07) is 11.7. The first-order chi connectivity index (χ1) is 9.21. The van der Waals surface area contributed by atoms with E-state index < -0.39 is 0 Å². The average Bonchev–Trinajstić information content (AvgIpc) is 2.45. The third-order valence-electron chi connectivity index (χ3n) is 2.68. The van der Waals surface area contributed by atoms with Crippen molar-refractivity contribution in [3.63, 3.8) is 0 Å². The largest absolute Gasteiger partial charge is 0.350 e. The van der Waals surface area contributed by atoms with Crippen LogP contribution in [0.1, 0.15) is 22.5 Å². The van der Waals surface area contributed by atoms with E-state index in [1.807, 2.05) is 37.3 Å². The number of rotatable bonds is 4. The lowest BCUT2D eigenvalue weighted by atomic mass is 10.1. The van der Waals surface area contributed by atoms with Gasteiger partial charge in [0.2, 0.25) is 5.95 Å². The lowest BCUT2D eigenvalue weighted by molar-refractivity contribution is 1.01. The molecule has 0 fully saturated rings. The molecule has 0 atom stereocenters. The van der Waals surface area contributed by atoms with Gasteiger partial charge in [0.15, 0.2) is 0 Å². The fraction of sp³-hybridized carbons (Fsp3) is 0.214. The monoisotopic (exact) mass is 253 g/mol. The van der Waals surface area contributed by atoms with Crippen LogP contribution < -0.4 is 11.1 Å². The Balaban J connectivity index is 2.05. The molecular weight excluding hydrogens is 238 g/mol. The lowest BCUT2D eigenvalue weighted by Gasteiger charge is -2.06. The van der Waals surface area contributed by atoms with Crippen LogP contribution in [0, 0.1) is 18.3 Å². The number of anilines is 1. The van der Waals surface area contributed by atoms with Crippen molar-refractivity contribution >= 4 is 5.95 Å². The second-order valence-corrected chi connectivity index (χ2v) is 4.20. The van der Waals surface area contributed by atoms with Gasteiger partial charge in [-0.05, 0) is 24.1 Å². The molecule has 5 heteroatoms. The maximum absolute atomic E-state index is 8.85. The Morgan fingerprint density at radius 3 is 2.53 bits per heavy atom. The van der Waals surface area contributed by atoms with Gasteiger partial charge >= 0.3 is 0 Å². The summed E-state index contributed by atoms with van der Waals surface area (Å²) >= 11 is 0. The first-order valence-electron chi connectivity index (χ1n) is 5.99. The van der Waals surface area contributed by atoms with Crippen molar-refractivity contribution in [1.82, 2.24) is 9.97 Å². The van der Waals surface area contributed by atoms with Crippen molar-refractivity contribution < 1.29 is 0 Å². The van der Waals surface area contributed by atoms with Crippen molar-refractivity contribution in [2.24, 2.45) is 5.73 Å². The van der Waals surface area contributed by atoms with Crippen LogP contribution in [-0.2, 0) is 13.1 Å². The molecule has 2 rings (SSSR count). The minimum Gasteiger partial charge on any atom is -0.350 e. The summed E-state index contributed by atoms with van der Waals surface area (Å²) in [5.41, 5.74) is 8.90. The predicted octanol–water partition coefficient (Wildman–Crippen LogP) is 1.73. The molecule has 96 valence electrons. The highest BCUT2D eigenvalue weighted by molar-refractivity contribution is 5.34. The van der Waals surface area contributed by atoms with E-state index in [2.05, 4.69) is 15.3 Å². The third-order valence-corrected chi connectivity index (χ3v) is 2.68. The van der Waals surface area contributed by atoms with Crippen LogP contribution >= 0.6 is 0 Å². The van der Waals surface area contributed by atoms with Crippen molar-refractivity contribution in [2.45, 2.75) is 20.0 Å². The highest BCUT2D eigenvalue weighted by Crippen LogP contribution is 2.08. The van der Waals surface area contributed by atoms with Gasteiger partial charge in [-0.25, -0.2) is 9.97 Å². The summed E-state index contributed by atoms with van der Waals surface area (Å²) in [6.07, 6.45) is 0. The van der Waals surface area contributed by atoms with Gasteiger partial charge in [0, 0.05) is 18.8 Å². The molecule has 0 aliphatic carbocycles. The van der Waals surface area contributed by atoms with Crippen molar-refractivity contribution in [2.75, 3.05) is 5.32 Å². The standard InChI is InChI=1S/C14H15N5/c1-10-6-13(8-16)19-14(18-10)17-9-12-4-2-11(7-15)3-5-12/h2-6H,7,9,15H2,1H3,(H,17,18,19). The Hall–Kier alpha value is -2.45. The summed E-state index contributed by atoms with van der Waals surface area (Å²) < 4.78 is 0. The van der Waals surface area contributed by atoms with E-state index in [1.54, 1.807) is 6.07 Å². The molecule has 1 aromatic heterocycles. The van der Waals surface area contributed by atoms with Gasteiger partial charge in [-0.3, -0.25) is 0 Å². The normalized spacial score (nSPS) is 9.95. The van der Waals surface area contributed by atoms with E-state index in [0.29, 0.717) is 24.7 Å². The first kappa shape index (κ1) is 13.0. The average molecular weight is 253 g/mol. The number of nitriles is 1. The third kappa shape index (κ3) is 3.50. The van der Waals surface area contributed by atoms with Crippen LogP contribution in [-0.4, -0.2) is 9.97 Å². The zero-order chi connectivity index (χ0) is 13.7. The van der Waals surface area contributed by atoms with E-state index in [4.69, 9.17) is 11.0 Å². The minimum absolute atomic E-state index is 0.369. The van der Waals surface area contributed by atoms with Gasteiger partial charge in [-0.1, -0.05) is 24.3 Å². The zero-order valence-electron chi connectivity index (χ0n) is 10.7. The number of nitrogens with two attached hydrogens (primary N) is 1. The van der Waals surface area contributed by atoms with Gasteiger partial charge in [0.05, 0.1) is 0 Å². The molecule has 5 nitrogen and oxygen atoms in total. The van der Waals surface area contributed by atoms with Crippen LogP contribution in [0.25, 0.3) is 0 Å². The lowest BCUT2D eigenvalue weighted by Crippen LogP contribution is -2.05. The quantitative estimate of drug-likeness (QED) is 0.866. The molecule has 0 aliphatic heterocycles. The molecule has 2 aromatic rings. The van der Waals surface area contributed by atoms with Crippen LogP contribution in [0.3, 0.4) is 0 Å². The van der Waals surface area contributed by atoms with Crippen LogP contribution in [0.5, 0.6) is 0 Å². The van der Waals surface area contributed by atoms with Gasteiger partial charge in [-0.15, -0.1) is 0 Å². The van der Waals surface area contributed by atoms with E-state index in [1.165, 1.54) is 0 Å². The maximum atomic E-state index is 8.85. The molecule has 0 amide bonds. The second-order valence-electron chi connectivity index (χ2n) is 4.20. The molecule has 0 spiro atoms. The Labute approximate surface area is 112 Å². The Kier molecular flexibility index (Phi) is 4.06. The fourth-order valence-electron chi connectivity index (χ4n) is 1.68. The highest BCUT2D eigenvalue weighted by atomic mass is 15.1. The summed E-state index contributed by atoms with van der Waals surface area (Å²) in [7, 11) is 0. The molecule has 0 aliphatic rings. The number of nitrogens with one attached hydrogen (secondary N) is 1. The number of hydrogen-bond acceptors (Lipinski definition) is 5. The molecule has 1 heterocycles. The molecule has 1 aromatic carbocycles. The Bertz CT molecular complexity index is 598. The molecule has 3 N–H and O–H groups in total. The van der Waals surface area contributed by atoms with Crippen LogP contribution in [0.15, 0.2) is 30.3 Å². The highest BCUT2D eigenvalue weighted by Gasteiger charge is 2.01. The van der Waals surface area contributed by atoms with Crippen LogP contribution in [0.4, 0.5) is 5.95 Å². The first-order valence-corrected chi connectivity index (χ1v) is 5.99. The van der Waals surface area contributed by atoms with Gasteiger partial charge in [-0.2, -0.15) is 5.26 Å². The molecular formula is C14H15N5. The summed E-state index contributed by atoms with van der Waals surface area (Å²) in [5.74, 6) is 0.472. The Morgan fingerprint density at radius 1 is 1.21 bits per heavy atom. The molecule has 19 heavy (non-hydrogen) atoms. The molecule has 0 saturated carbocycles. The molecule has 0 radical (unpaired) electrons. The molecule has 0 saturated heterocycles. The predicted molar refractivity (Wildman–Crippen MR) is 73.1 cm³/mol. The van der Waals surface area contributed by atoms with Gasteiger partial charge in [0.1, 0.15) is 11.8 Å². The summed E-state index contributed by atoms with van der Waals surface area (Å²) in [6.45, 7) is 2.99. The SMILES string of the molecule is Cc1cc(C#N)nc(NCc2ccc(CN)cc2)n1. The minimum atomic E-state index is 0.369. The number of aryl methyl sites for hydroxylation is 1. The smallest absolute Gasteiger partial charge is 0.224 e. The topological polar surface area (TPSA) is 87.6 Å². The summed E-state index contributed by atoms with van der Waals surface area (Å²) in [5, 5.41) is 12.0. The van der Waals surface area contributed by atoms with Crippen molar-refractivity contribution in [3.8, 4) is 6.07 Å². The van der Waals surface area contributed by atoms with Crippen molar-refractivity contribution in [1.29, 1.82) is 5.26 Å². The number of hydrogen-bond donors (Lipinski definition) is 2. The fourth-order valence-corrected chi connectivity index (χ4v) is 1.68. The van der Waals surface area contributed by atoms with Gasteiger partial charge in [0.25, 0.3) is 0 Å². The Morgan fingerprint density at radius 2 is 1.89 bits per heavy atom. The molecule has 0 bridgehead atoms. The van der Waals surface area contributed by atoms with Crippen molar-refractivity contribution in [3.05, 3.63) is 52.8 Å². The van der Waals surface area contributed by atoms with Gasteiger partial charge < -0.3 is 11.1 Å². The summed E-state index contributed by atoms with van der Waals surface area (Å²) in [4.78, 5) is 8.33. The van der Waals surface area contributed by atoms with Crippen LogP contribution in [0.2, 0.25) is 0 Å². The number of nitrogens with zero attached hydrogens (tertiary/aromatic N) is 3. The van der Waals surface area contributed by atoms with E-state index >= 15 is 0 Å². The maximum Gasteiger partial charge on any atom is 0.224 e. The number of benzene rings is 1.